The van der Waals surface area contributed by atoms with Gasteiger partial charge in [0.15, 0.2) is 0 Å². The summed E-state index contributed by atoms with van der Waals surface area (Å²) in [5, 5.41) is 10.4. The molecule has 1 aliphatic carbocycles. The molecule has 2 nitrogen and oxygen atoms in total. The molecule has 0 amide bonds. The van der Waals surface area contributed by atoms with E-state index in [1.54, 1.807) is 0 Å². The molecule has 0 heterocycles. The number of hydrogen-bond donors (Lipinski definition) is 1. The third-order valence-corrected chi connectivity index (χ3v) is 4.18. The van der Waals surface area contributed by atoms with Crippen molar-refractivity contribution >= 4 is 11.8 Å². The minimum absolute atomic E-state index is 0.0512. The van der Waals surface area contributed by atoms with Crippen LogP contribution in [0.25, 0.3) is 0 Å². The van der Waals surface area contributed by atoms with Gasteiger partial charge in [0.25, 0.3) is 0 Å². The molecule has 1 N–H and O–H groups in total. The number of hydrogen-bond acceptors (Lipinski definition) is 3. The molecule has 0 bridgehead atoms. The molecule has 0 aromatic rings. The highest BCUT2D eigenvalue weighted by atomic mass is 32.2. The molecule has 0 radical (unpaired) electrons. The molecular formula is C11H23NOS. The highest BCUT2D eigenvalue weighted by Gasteiger charge is 2.21. The van der Waals surface area contributed by atoms with Gasteiger partial charge in [-0.05, 0) is 26.9 Å². The average molecular weight is 217 g/mol. The fourth-order valence-corrected chi connectivity index (χ4v) is 3.30. The van der Waals surface area contributed by atoms with Crippen molar-refractivity contribution < 1.29 is 5.11 Å². The molecule has 2 unspecified atom stereocenters. The van der Waals surface area contributed by atoms with E-state index < -0.39 is 0 Å². The van der Waals surface area contributed by atoms with Crippen LogP contribution in [0.1, 0.15) is 32.1 Å². The fraction of sp³-hybridized carbons (Fsp3) is 1.00. The van der Waals surface area contributed by atoms with Crippen LogP contribution in [0, 0.1) is 0 Å². The van der Waals surface area contributed by atoms with Crippen molar-refractivity contribution in [1.29, 1.82) is 0 Å². The van der Waals surface area contributed by atoms with E-state index in [1.165, 1.54) is 25.7 Å². The summed E-state index contributed by atoms with van der Waals surface area (Å²) < 4.78 is 0. The van der Waals surface area contributed by atoms with Gasteiger partial charge in [0.2, 0.25) is 0 Å². The van der Waals surface area contributed by atoms with Crippen molar-refractivity contribution in [2.75, 3.05) is 26.4 Å². The summed E-state index contributed by atoms with van der Waals surface area (Å²) in [7, 11) is 4.20. The predicted octanol–water partition coefficient (Wildman–Crippen LogP) is 1.97. The number of nitrogens with zero attached hydrogens (tertiary/aromatic N) is 1. The van der Waals surface area contributed by atoms with E-state index in [9.17, 15) is 5.11 Å². The minimum atomic E-state index is -0.0512. The number of aliphatic hydroxyl groups excluding tert-OH is 1. The maximum atomic E-state index is 9.88. The van der Waals surface area contributed by atoms with Gasteiger partial charge in [-0.25, -0.2) is 0 Å². The second-order valence-electron chi connectivity index (χ2n) is 4.42. The van der Waals surface area contributed by atoms with Gasteiger partial charge in [-0.1, -0.05) is 19.3 Å². The van der Waals surface area contributed by atoms with Gasteiger partial charge in [-0.15, -0.1) is 0 Å². The Morgan fingerprint density at radius 3 is 2.64 bits per heavy atom. The number of thioether (sulfide) groups is 1. The van der Waals surface area contributed by atoms with E-state index in [2.05, 4.69) is 19.0 Å². The van der Waals surface area contributed by atoms with Gasteiger partial charge < -0.3 is 10.0 Å². The molecule has 0 aromatic carbocycles. The maximum absolute atomic E-state index is 9.88. The van der Waals surface area contributed by atoms with E-state index in [4.69, 9.17) is 0 Å². The summed E-state index contributed by atoms with van der Waals surface area (Å²) in [5.41, 5.74) is 0. The van der Waals surface area contributed by atoms with Crippen LogP contribution in [0.4, 0.5) is 0 Å². The lowest BCUT2D eigenvalue weighted by atomic mass is 10.1. The van der Waals surface area contributed by atoms with Crippen molar-refractivity contribution in [3.63, 3.8) is 0 Å². The van der Waals surface area contributed by atoms with Crippen molar-refractivity contribution in [1.82, 2.24) is 4.90 Å². The Labute approximate surface area is 92.1 Å². The van der Waals surface area contributed by atoms with Crippen molar-refractivity contribution in [3.05, 3.63) is 0 Å². The zero-order chi connectivity index (χ0) is 10.4. The number of aliphatic hydroxyl groups is 1. The summed E-state index contributed by atoms with van der Waals surface area (Å²) >= 11 is 1.96. The summed E-state index contributed by atoms with van der Waals surface area (Å²) in [4.78, 5) is 2.20. The fourth-order valence-electron chi connectivity index (χ4n) is 1.84. The van der Waals surface area contributed by atoms with Gasteiger partial charge in [0, 0.05) is 17.5 Å². The van der Waals surface area contributed by atoms with Crippen LogP contribution in [0.5, 0.6) is 0 Å². The van der Waals surface area contributed by atoms with Crippen LogP contribution in [-0.2, 0) is 0 Å². The minimum Gasteiger partial charge on any atom is -0.392 e. The van der Waals surface area contributed by atoms with Crippen LogP contribution in [0.3, 0.4) is 0 Å². The molecule has 2 atom stereocenters. The van der Waals surface area contributed by atoms with Gasteiger partial charge in [0.05, 0.1) is 6.10 Å². The normalized spacial score (nSPS) is 29.1. The molecular weight excluding hydrogens is 194 g/mol. The van der Waals surface area contributed by atoms with Crippen LogP contribution in [0.15, 0.2) is 0 Å². The Kier molecular flexibility index (Phi) is 5.90. The van der Waals surface area contributed by atoms with E-state index in [1.807, 2.05) is 11.8 Å². The summed E-state index contributed by atoms with van der Waals surface area (Å²) in [6, 6.07) is 0. The first-order chi connectivity index (χ1) is 6.70. The van der Waals surface area contributed by atoms with E-state index in [0.29, 0.717) is 5.25 Å². The van der Waals surface area contributed by atoms with Crippen molar-refractivity contribution in [2.24, 2.45) is 0 Å². The smallest absolute Gasteiger partial charge is 0.0658 e. The zero-order valence-corrected chi connectivity index (χ0v) is 10.2. The molecule has 14 heavy (non-hydrogen) atoms. The molecule has 0 aromatic heterocycles. The number of rotatable bonds is 4. The van der Waals surface area contributed by atoms with Gasteiger partial charge >= 0.3 is 0 Å². The molecule has 1 fully saturated rings. The van der Waals surface area contributed by atoms with Crippen LogP contribution >= 0.6 is 11.8 Å². The lowest BCUT2D eigenvalue weighted by molar-refractivity contribution is 0.163. The van der Waals surface area contributed by atoms with Gasteiger partial charge in [0.1, 0.15) is 0 Å². The summed E-state index contributed by atoms with van der Waals surface area (Å²) in [5.74, 6) is 1.15. The third-order valence-electron chi connectivity index (χ3n) is 2.79. The Hall–Kier alpha value is 0.270. The quantitative estimate of drug-likeness (QED) is 0.728. The highest BCUT2D eigenvalue weighted by Crippen LogP contribution is 2.27. The molecule has 1 saturated carbocycles. The molecule has 0 aliphatic heterocycles. The van der Waals surface area contributed by atoms with Gasteiger partial charge in [-0.2, -0.15) is 11.8 Å². The monoisotopic (exact) mass is 217 g/mol. The first kappa shape index (κ1) is 12.3. The van der Waals surface area contributed by atoms with E-state index >= 15 is 0 Å². The standard InChI is InChI=1S/C11H23NOS/c1-12(2)8-9-14-11-7-5-3-4-6-10(11)13/h10-11,13H,3-9H2,1-2H3. The predicted molar refractivity (Wildman–Crippen MR) is 63.9 cm³/mol. The lowest BCUT2D eigenvalue weighted by Gasteiger charge is -2.20. The van der Waals surface area contributed by atoms with Crippen LogP contribution < -0.4 is 0 Å². The molecule has 1 aliphatic rings. The van der Waals surface area contributed by atoms with Crippen molar-refractivity contribution in [2.45, 2.75) is 43.5 Å². The Bertz CT molecular complexity index is 152. The van der Waals surface area contributed by atoms with E-state index in [-0.39, 0.29) is 6.10 Å². The Morgan fingerprint density at radius 2 is 1.93 bits per heavy atom. The zero-order valence-electron chi connectivity index (χ0n) is 9.41. The molecule has 3 heteroatoms. The largest absolute Gasteiger partial charge is 0.392 e. The topological polar surface area (TPSA) is 23.5 Å². The second kappa shape index (κ2) is 6.70. The molecule has 84 valence electrons. The Balaban J connectivity index is 2.19. The molecule has 1 rings (SSSR count). The van der Waals surface area contributed by atoms with Gasteiger partial charge in [-0.3, -0.25) is 0 Å². The third kappa shape index (κ3) is 4.67. The van der Waals surface area contributed by atoms with Crippen LogP contribution in [0.2, 0.25) is 0 Å². The Morgan fingerprint density at radius 1 is 1.21 bits per heavy atom. The molecule has 0 saturated heterocycles. The summed E-state index contributed by atoms with van der Waals surface area (Å²) in [6.45, 7) is 1.12. The SMILES string of the molecule is CN(C)CCSC1CCCCCC1O. The average Bonchev–Trinajstić information content (AvgIpc) is 2.31. The lowest BCUT2D eigenvalue weighted by Crippen LogP contribution is -2.24. The second-order valence-corrected chi connectivity index (χ2v) is 5.76. The first-order valence-corrected chi connectivity index (χ1v) is 6.69. The van der Waals surface area contributed by atoms with Crippen LogP contribution in [-0.4, -0.2) is 47.8 Å². The summed E-state index contributed by atoms with van der Waals surface area (Å²) in [6.07, 6.45) is 5.99. The highest BCUT2D eigenvalue weighted by molar-refractivity contribution is 7.99. The first-order valence-electron chi connectivity index (χ1n) is 5.64. The van der Waals surface area contributed by atoms with E-state index in [0.717, 1.165) is 18.7 Å². The maximum Gasteiger partial charge on any atom is 0.0658 e. The molecule has 0 spiro atoms. The van der Waals surface area contributed by atoms with Crippen molar-refractivity contribution in [3.8, 4) is 0 Å².